The van der Waals surface area contributed by atoms with Gasteiger partial charge in [0.15, 0.2) is 0 Å². The van der Waals surface area contributed by atoms with Crippen molar-refractivity contribution in [2.24, 2.45) is 0 Å². The van der Waals surface area contributed by atoms with E-state index in [0.29, 0.717) is 5.92 Å². The number of fused-ring (bicyclic) bond motifs is 13. The highest BCUT2D eigenvalue weighted by Crippen LogP contribution is 2.63. The van der Waals surface area contributed by atoms with Crippen LogP contribution in [0.3, 0.4) is 0 Å². The highest BCUT2D eigenvalue weighted by molar-refractivity contribution is 6.10. The second-order valence-corrected chi connectivity index (χ2v) is 24.0. The largest absolute Gasteiger partial charge is 0.310 e. The topological polar surface area (TPSA) is 8.17 Å². The molecule has 13 aromatic rings. The maximum Gasteiger partial charge on any atom is 0.0726 e. The van der Waals surface area contributed by atoms with Crippen LogP contribution in [0.25, 0.3) is 94.3 Å². The molecular formula is C83H66N2. The van der Waals surface area contributed by atoms with E-state index in [9.17, 15) is 0 Å². The van der Waals surface area contributed by atoms with E-state index in [1.54, 1.807) is 0 Å². The minimum Gasteiger partial charge on any atom is -0.310 e. The average molecular weight is 1090 g/mol. The van der Waals surface area contributed by atoms with Gasteiger partial charge >= 0.3 is 0 Å². The van der Waals surface area contributed by atoms with Crippen molar-refractivity contribution in [2.75, 3.05) is 4.90 Å². The number of hydrogen-bond acceptors (Lipinski definition) is 1. The lowest BCUT2D eigenvalue weighted by Crippen LogP contribution is -2.26. The molecule has 12 aromatic carbocycles. The molecule has 0 bridgehead atoms. The summed E-state index contributed by atoms with van der Waals surface area (Å²) in [7, 11) is 0. The Hall–Kier alpha value is -9.76. The van der Waals surface area contributed by atoms with Crippen LogP contribution in [0.4, 0.5) is 17.1 Å². The molecule has 0 unspecified atom stereocenters. The van der Waals surface area contributed by atoms with Gasteiger partial charge in [0, 0.05) is 33.4 Å². The quantitative estimate of drug-likeness (QED) is 0.104. The lowest BCUT2D eigenvalue weighted by molar-refractivity contribution is 0.718. The number of unbranched alkanes of at least 4 members (excludes halogenated alkanes) is 2. The first-order valence-corrected chi connectivity index (χ1v) is 31.0. The van der Waals surface area contributed by atoms with Crippen LogP contribution in [0.2, 0.25) is 0 Å². The Morgan fingerprint density at radius 1 is 0.376 bits per heavy atom. The fourth-order valence-corrected chi connectivity index (χ4v) is 15.1. The average Bonchev–Trinajstić information content (AvgIpc) is 2.01. The first kappa shape index (κ1) is 50.9. The molecule has 0 atom stereocenters. The standard InChI is InChI=1S/C83H66N2/c1-2-3-6-19-56-32-49-81-74(52-56)75-54-65(58-22-11-12-23-58)42-51-82(75)85(81)67-45-39-62(40-46-67)60-35-33-59(34-36-60)61-37-43-66(44-38-61)84(80-50-41-64(57-20-7-4-8-21-57)53-73(80)63-24-9-5-10-25-63)68-47-48-72-71-28-15-18-31-78(71)83(79(72)55-68)76-29-16-13-26-69(76)70-27-14-17-30-77(70)83/h4-5,7-10,13-18,20-21,24-55,58H,2-3,6,11-12,19,22-23H2,1H3. The molecule has 0 aliphatic heterocycles. The lowest BCUT2D eigenvalue weighted by Gasteiger charge is -2.33. The molecule has 2 heteroatoms. The zero-order valence-corrected chi connectivity index (χ0v) is 48.2. The number of rotatable bonds is 13. The second kappa shape index (κ2) is 21.1. The Labute approximate surface area is 500 Å². The van der Waals surface area contributed by atoms with E-state index in [1.165, 1.54) is 173 Å². The number of anilines is 3. The molecule has 0 saturated heterocycles. The van der Waals surface area contributed by atoms with Crippen molar-refractivity contribution < 1.29 is 0 Å². The van der Waals surface area contributed by atoms with E-state index < -0.39 is 5.41 Å². The molecule has 0 radical (unpaired) electrons. The van der Waals surface area contributed by atoms with Gasteiger partial charge in [-0.25, -0.2) is 0 Å². The lowest BCUT2D eigenvalue weighted by atomic mass is 9.70. The zero-order chi connectivity index (χ0) is 56.4. The Morgan fingerprint density at radius 2 is 0.871 bits per heavy atom. The van der Waals surface area contributed by atoms with E-state index in [4.69, 9.17) is 0 Å². The maximum absolute atomic E-state index is 2.53. The predicted molar refractivity (Wildman–Crippen MR) is 358 cm³/mol. The number of nitrogens with zero attached hydrogens (tertiary/aromatic N) is 2. The van der Waals surface area contributed by atoms with Crippen LogP contribution in [0.1, 0.15) is 91.2 Å². The molecule has 2 nitrogen and oxygen atoms in total. The monoisotopic (exact) mass is 1090 g/mol. The van der Waals surface area contributed by atoms with Gasteiger partial charge in [0.05, 0.1) is 22.1 Å². The van der Waals surface area contributed by atoms with E-state index in [1.807, 2.05) is 0 Å². The van der Waals surface area contributed by atoms with Gasteiger partial charge in [-0.1, -0.05) is 239 Å². The van der Waals surface area contributed by atoms with Crippen LogP contribution in [0.15, 0.2) is 279 Å². The summed E-state index contributed by atoms with van der Waals surface area (Å²) in [5.41, 5.74) is 29.6. The van der Waals surface area contributed by atoms with Crippen LogP contribution in [0, 0.1) is 0 Å². The molecular weight excluding hydrogens is 1020 g/mol. The fraction of sp³-hybridized carbons (Fsp3) is 0.133. The Balaban J connectivity index is 0.768. The summed E-state index contributed by atoms with van der Waals surface area (Å²) in [6.07, 6.45) is 10.2. The van der Waals surface area contributed by atoms with Gasteiger partial charge in [0.25, 0.3) is 0 Å². The maximum atomic E-state index is 2.53. The van der Waals surface area contributed by atoms with E-state index in [-0.39, 0.29) is 0 Å². The Bertz CT molecular complexity index is 4570. The molecule has 408 valence electrons. The molecule has 1 aromatic heterocycles. The van der Waals surface area contributed by atoms with Crippen molar-refractivity contribution in [1.82, 2.24) is 4.57 Å². The van der Waals surface area contributed by atoms with Gasteiger partial charge in [0.1, 0.15) is 0 Å². The second-order valence-electron chi connectivity index (χ2n) is 24.0. The van der Waals surface area contributed by atoms with Gasteiger partial charge in [0.2, 0.25) is 0 Å². The molecule has 85 heavy (non-hydrogen) atoms. The first-order chi connectivity index (χ1) is 42.1. The summed E-state index contributed by atoms with van der Waals surface area (Å²) >= 11 is 0. The van der Waals surface area contributed by atoms with Crippen molar-refractivity contribution in [1.29, 1.82) is 0 Å². The summed E-state index contributed by atoms with van der Waals surface area (Å²) in [5.74, 6) is 0.679. The molecule has 16 rings (SSSR count). The highest BCUT2D eigenvalue weighted by atomic mass is 15.1. The van der Waals surface area contributed by atoms with Crippen molar-refractivity contribution >= 4 is 38.9 Å². The van der Waals surface area contributed by atoms with Crippen LogP contribution >= 0.6 is 0 Å². The Kier molecular flexibility index (Phi) is 12.7. The molecule has 1 saturated carbocycles. The van der Waals surface area contributed by atoms with Crippen LogP contribution in [-0.4, -0.2) is 4.57 Å². The molecule has 0 N–H and O–H groups in total. The number of benzene rings is 12. The molecule has 1 fully saturated rings. The molecule has 0 amide bonds. The van der Waals surface area contributed by atoms with Gasteiger partial charge in [-0.15, -0.1) is 0 Å². The van der Waals surface area contributed by atoms with Crippen molar-refractivity contribution in [2.45, 2.75) is 69.6 Å². The summed E-state index contributed by atoms with van der Waals surface area (Å²) in [6, 6.07) is 105. The van der Waals surface area contributed by atoms with Gasteiger partial charge in [-0.05, 0) is 199 Å². The summed E-state index contributed by atoms with van der Waals surface area (Å²) in [5, 5.41) is 2.76. The Morgan fingerprint density at radius 3 is 1.48 bits per heavy atom. The van der Waals surface area contributed by atoms with E-state index in [2.05, 4.69) is 295 Å². The van der Waals surface area contributed by atoms with Gasteiger partial charge < -0.3 is 9.47 Å². The molecule has 1 heterocycles. The van der Waals surface area contributed by atoms with Crippen molar-refractivity contribution in [3.05, 3.63) is 312 Å². The SMILES string of the molecule is CCCCCc1ccc2c(c1)c1cc(C3CCCC3)ccc1n2-c1ccc(-c2ccc(-c3ccc(N(c4ccc5c(c4)C4(c6ccccc6-c6ccccc64)c4ccccc4-5)c4ccc(-c5ccccc5)cc4-c4ccccc4)cc3)cc2)cc1. The van der Waals surface area contributed by atoms with E-state index >= 15 is 0 Å². The fourth-order valence-electron chi connectivity index (χ4n) is 15.1. The molecule has 3 aliphatic carbocycles. The minimum atomic E-state index is -0.471. The third kappa shape index (κ3) is 8.52. The molecule has 3 aliphatic rings. The third-order valence-electron chi connectivity index (χ3n) is 19.2. The number of aromatic nitrogens is 1. The smallest absolute Gasteiger partial charge is 0.0726 e. The highest BCUT2D eigenvalue weighted by Gasteiger charge is 2.51. The van der Waals surface area contributed by atoms with Gasteiger partial charge in [-0.3, -0.25) is 0 Å². The van der Waals surface area contributed by atoms with Crippen LogP contribution < -0.4 is 4.90 Å². The van der Waals surface area contributed by atoms with Gasteiger partial charge in [-0.2, -0.15) is 0 Å². The van der Waals surface area contributed by atoms with E-state index in [0.717, 1.165) is 23.5 Å². The minimum absolute atomic E-state index is 0.471. The normalized spacial score (nSPS) is 13.8. The molecule has 1 spiro atoms. The van der Waals surface area contributed by atoms with Crippen molar-refractivity contribution in [3.63, 3.8) is 0 Å². The number of hydrogen-bond donors (Lipinski definition) is 0. The number of aryl methyl sites for hydroxylation is 1. The van der Waals surface area contributed by atoms with Crippen LogP contribution in [0.5, 0.6) is 0 Å². The summed E-state index contributed by atoms with van der Waals surface area (Å²) < 4.78 is 2.49. The summed E-state index contributed by atoms with van der Waals surface area (Å²) in [6.45, 7) is 2.29. The first-order valence-electron chi connectivity index (χ1n) is 31.0. The summed E-state index contributed by atoms with van der Waals surface area (Å²) in [4.78, 5) is 2.50. The zero-order valence-electron chi connectivity index (χ0n) is 48.2. The third-order valence-corrected chi connectivity index (χ3v) is 19.2. The van der Waals surface area contributed by atoms with Crippen molar-refractivity contribution in [3.8, 4) is 72.4 Å². The van der Waals surface area contributed by atoms with Crippen LogP contribution in [-0.2, 0) is 11.8 Å². The predicted octanol–water partition coefficient (Wildman–Crippen LogP) is 22.7.